The van der Waals surface area contributed by atoms with Crippen LogP contribution in [-0.2, 0) is 4.79 Å². The van der Waals surface area contributed by atoms with Gasteiger partial charge in [-0.15, -0.1) is 0 Å². The molecule has 0 aliphatic carbocycles. The number of rotatable bonds is 10. The number of benzene rings is 3. The molecule has 5 nitrogen and oxygen atoms in total. The number of amides is 1. The minimum absolute atomic E-state index is 0.195. The van der Waals surface area contributed by atoms with E-state index in [4.69, 9.17) is 11.5 Å². The number of hydrogen-bond donors (Lipinski definition) is 2. The summed E-state index contributed by atoms with van der Waals surface area (Å²) in [5.41, 5.74) is 10.5. The van der Waals surface area contributed by atoms with Crippen LogP contribution in [0.3, 0.4) is 0 Å². The Kier molecular flexibility index (Phi) is 8.91. The topological polar surface area (TPSA) is 84.5 Å². The lowest BCUT2D eigenvalue weighted by atomic mass is 10.3. The first-order valence-electron chi connectivity index (χ1n) is 11.2. The molecular formula is C27H33N4OP+2. The highest BCUT2D eigenvalue weighted by atomic mass is 31.2. The summed E-state index contributed by atoms with van der Waals surface area (Å²) < 4.78 is 2.05. The molecular weight excluding hydrogens is 427 g/mol. The van der Waals surface area contributed by atoms with Gasteiger partial charge in [0.25, 0.3) is 5.91 Å². The van der Waals surface area contributed by atoms with Gasteiger partial charge in [-0.25, -0.2) is 4.58 Å². The number of hydrogen-bond acceptors (Lipinski definition) is 1. The van der Waals surface area contributed by atoms with Gasteiger partial charge in [-0.3, -0.25) is 4.79 Å². The third-order valence-corrected chi connectivity index (χ3v) is 10.2. The molecule has 0 spiro atoms. The largest absolute Gasteiger partial charge is 0.370 e. The monoisotopic (exact) mass is 460 g/mol. The standard InChI is InChI=1S/C27H32N4OP/c1-31(21-19-26(32)30-27(28)29)20-11-12-22-33(23-13-5-2-6-14-23,24-15-7-3-8-16-24)25-17-9-4-10-18-25/h2-10,13-18,21H,11-12,19-20,22H2,1H3,(H3-,28,29,30,32)/q+1/p+1. The van der Waals surface area contributed by atoms with Gasteiger partial charge in [-0.1, -0.05) is 54.6 Å². The summed E-state index contributed by atoms with van der Waals surface area (Å²) in [7, 11) is 0.194. The Morgan fingerprint density at radius 3 is 1.70 bits per heavy atom. The molecule has 3 aromatic rings. The molecule has 3 aromatic carbocycles. The van der Waals surface area contributed by atoms with Crippen molar-refractivity contribution in [1.82, 2.24) is 0 Å². The lowest BCUT2D eigenvalue weighted by Crippen LogP contribution is -2.33. The first-order valence-corrected chi connectivity index (χ1v) is 13.2. The van der Waals surface area contributed by atoms with Crippen LogP contribution in [0.25, 0.3) is 0 Å². The van der Waals surface area contributed by atoms with Crippen LogP contribution < -0.4 is 27.4 Å². The Hall–Kier alpha value is -3.30. The lowest BCUT2D eigenvalue weighted by molar-refractivity contribution is -0.493. The number of aliphatic imine (C=N–C) groups is 1. The van der Waals surface area contributed by atoms with E-state index in [1.54, 1.807) is 0 Å². The molecule has 0 bridgehead atoms. The second kappa shape index (κ2) is 12.1. The van der Waals surface area contributed by atoms with Crippen molar-refractivity contribution in [3.63, 3.8) is 0 Å². The lowest BCUT2D eigenvalue weighted by Gasteiger charge is -2.27. The predicted octanol–water partition coefficient (Wildman–Crippen LogP) is 2.66. The molecule has 1 amide bonds. The quantitative estimate of drug-likeness (QED) is 0.160. The van der Waals surface area contributed by atoms with Crippen molar-refractivity contribution in [1.29, 1.82) is 0 Å². The molecule has 0 saturated carbocycles. The molecule has 170 valence electrons. The minimum atomic E-state index is -1.79. The number of unbranched alkanes of at least 4 members (excludes halogenated alkanes) is 1. The van der Waals surface area contributed by atoms with Gasteiger partial charge in [0, 0.05) is 6.42 Å². The molecule has 0 fully saturated rings. The van der Waals surface area contributed by atoms with Crippen molar-refractivity contribution >= 4 is 41.3 Å². The van der Waals surface area contributed by atoms with Crippen LogP contribution in [0.5, 0.6) is 0 Å². The van der Waals surface area contributed by atoms with Gasteiger partial charge in [-0.2, -0.15) is 4.99 Å². The van der Waals surface area contributed by atoms with Crippen LogP contribution in [0.15, 0.2) is 96.0 Å². The minimum Gasteiger partial charge on any atom is -0.370 e. The molecule has 0 saturated heterocycles. The second-order valence-corrected chi connectivity index (χ2v) is 11.7. The van der Waals surface area contributed by atoms with Crippen molar-refractivity contribution in [3.8, 4) is 0 Å². The van der Waals surface area contributed by atoms with Crippen molar-refractivity contribution in [2.45, 2.75) is 19.3 Å². The van der Waals surface area contributed by atoms with Gasteiger partial charge < -0.3 is 11.5 Å². The molecule has 0 aromatic heterocycles. The summed E-state index contributed by atoms with van der Waals surface area (Å²) in [5, 5.41) is 4.22. The van der Waals surface area contributed by atoms with E-state index in [0.717, 1.165) is 25.5 Å². The van der Waals surface area contributed by atoms with Gasteiger partial charge >= 0.3 is 0 Å². The maximum Gasteiger partial charge on any atom is 0.258 e. The summed E-state index contributed by atoms with van der Waals surface area (Å²) >= 11 is 0. The molecule has 0 atom stereocenters. The van der Waals surface area contributed by atoms with Gasteiger partial charge in [0.1, 0.15) is 49.4 Å². The second-order valence-electron chi connectivity index (χ2n) is 8.04. The van der Waals surface area contributed by atoms with Crippen LogP contribution >= 0.6 is 7.26 Å². The zero-order valence-corrected chi connectivity index (χ0v) is 20.1. The van der Waals surface area contributed by atoms with Crippen molar-refractivity contribution in [2.24, 2.45) is 16.5 Å². The molecule has 0 aliphatic rings. The van der Waals surface area contributed by atoms with Gasteiger partial charge in [0.15, 0.2) is 5.96 Å². The Bertz CT molecular complexity index is 982. The van der Waals surface area contributed by atoms with E-state index in [9.17, 15) is 4.79 Å². The van der Waals surface area contributed by atoms with Crippen molar-refractivity contribution in [2.75, 3.05) is 19.8 Å². The fraction of sp³-hybridized carbons (Fsp3) is 0.222. The van der Waals surface area contributed by atoms with Gasteiger partial charge in [-0.05, 0) is 42.8 Å². The van der Waals surface area contributed by atoms with E-state index >= 15 is 0 Å². The number of nitrogens with two attached hydrogens (primary N) is 2. The summed E-state index contributed by atoms with van der Waals surface area (Å²) in [4.78, 5) is 15.2. The Morgan fingerprint density at radius 2 is 1.27 bits per heavy atom. The Morgan fingerprint density at radius 1 is 0.818 bits per heavy atom. The molecule has 0 heterocycles. The SMILES string of the molecule is C[N+](=CCC(=O)N=C(N)N)CCCC[P+](c1ccccc1)(c1ccccc1)c1ccccc1. The van der Waals surface area contributed by atoms with Crippen LogP contribution in [0.4, 0.5) is 0 Å². The fourth-order valence-corrected chi connectivity index (χ4v) is 8.52. The van der Waals surface area contributed by atoms with Crippen LogP contribution in [-0.4, -0.2) is 42.4 Å². The Labute approximate surface area is 197 Å². The van der Waals surface area contributed by atoms with Crippen molar-refractivity contribution in [3.05, 3.63) is 91.0 Å². The number of guanidine groups is 1. The zero-order chi connectivity index (χ0) is 23.5. The predicted molar refractivity (Wildman–Crippen MR) is 142 cm³/mol. The highest BCUT2D eigenvalue weighted by Gasteiger charge is 2.44. The van der Waals surface area contributed by atoms with E-state index in [0.29, 0.717) is 0 Å². The van der Waals surface area contributed by atoms with Crippen molar-refractivity contribution < 1.29 is 9.37 Å². The normalized spacial score (nSPS) is 11.7. The third kappa shape index (κ3) is 6.59. The van der Waals surface area contributed by atoms with Crippen LogP contribution in [0, 0.1) is 0 Å². The fourth-order valence-electron chi connectivity index (χ4n) is 4.11. The first kappa shape index (κ1) is 24.3. The zero-order valence-electron chi connectivity index (χ0n) is 19.2. The van der Waals surface area contributed by atoms with E-state index in [-0.39, 0.29) is 18.3 Å². The average Bonchev–Trinajstić information content (AvgIpc) is 2.84. The number of nitrogens with zero attached hydrogens (tertiary/aromatic N) is 2. The van der Waals surface area contributed by atoms with Crippen LogP contribution in [0.2, 0.25) is 0 Å². The highest BCUT2D eigenvalue weighted by molar-refractivity contribution is 7.95. The molecule has 0 radical (unpaired) electrons. The van der Waals surface area contributed by atoms with Gasteiger partial charge in [0.2, 0.25) is 0 Å². The maximum absolute atomic E-state index is 11.7. The van der Waals surface area contributed by atoms with Crippen LogP contribution in [0.1, 0.15) is 19.3 Å². The summed E-state index contributed by atoms with van der Waals surface area (Å²) in [6.07, 6.45) is 5.24. The molecule has 3 rings (SSSR count). The Balaban J connectivity index is 1.82. The van der Waals surface area contributed by atoms with E-state index in [1.165, 1.54) is 15.9 Å². The molecule has 0 aliphatic heterocycles. The number of carbonyl (C=O) groups excluding carboxylic acids is 1. The number of carbonyl (C=O) groups is 1. The van der Waals surface area contributed by atoms with E-state index < -0.39 is 7.26 Å². The molecule has 6 heteroatoms. The summed E-state index contributed by atoms with van der Waals surface area (Å²) in [6, 6.07) is 32.8. The molecule has 33 heavy (non-hydrogen) atoms. The van der Waals surface area contributed by atoms with E-state index in [2.05, 4.69) is 96.0 Å². The molecule has 0 unspecified atom stereocenters. The molecule has 4 N–H and O–H groups in total. The summed E-state index contributed by atoms with van der Waals surface area (Å²) in [5.74, 6) is -0.525. The average molecular weight is 461 g/mol. The van der Waals surface area contributed by atoms with Gasteiger partial charge in [0.05, 0.1) is 6.16 Å². The van der Waals surface area contributed by atoms with E-state index in [1.807, 2.05) is 17.8 Å². The first-order chi connectivity index (χ1) is 16.0. The third-order valence-electron chi connectivity index (χ3n) is 5.68. The maximum atomic E-state index is 11.7. The summed E-state index contributed by atoms with van der Waals surface area (Å²) in [6.45, 7) is 0.869. The smallest absolute Gasteiger partial charge is 0.258 e. The highest BCUT2D eigenvalue weighted by Crippen LogP contribution is 2.55.